The summed E-state index contributed by atoms with van der Waals surface area (Å²) in [7, 11) is -0.423. The van der Waals surface area contributed by atoms with Crippen molar-refractivity contribution in [3.63, 3.8) is 0 Å². The third-order valence-electron chi connectivity index (χ3n) is 25.3. The number of benzene rings is 1. The van der Waals surface area contributed by atoms with E-state index in [2.05, 4.69) is 147 Å². The first-order chi connectivity index (χ1) is 37.3. The van der Waals surface area contributed by atoms with E-state index in [1.165, 1.54) is 17.4 Å². The van der Waals surface area contributed by atoms with Gasteiger partial charge in [0.1, 0.15) is 17.8 Å². The predicted octanol–water partition coefficient (Wildman–Crippen LogP) is 14.5. The Morgan fingerprint density at radius 2 is 1.37 bits per heavy atom. The van der Waals surface area contributed by atoms with Crippen molar-refractivity contribution in [3.8, 4) is 0 Å². The minimum absolute atomic E-state index is 0.0257. The Hall–Kier alpha value is -2.00. The molecule has 0 radical (unpaired) electrons. The van der Waals surface area contributed by atoms with Crippen LogP contribution < -0.4 is 0 Å². The highest BCUT2D eigenvalue weighted by molar-refractivity contribution is 6.73. The zero-order valence-electron chi connectivity index (χ0n) is 52.1. The average Bonchev–Trinajstić information content (AvgIpc) is 3.62. The van der Waals surface area contributed by atoms with E-state index in [0.29, 0.717) is 44.1 Å². The van der Waals surface area contributed by atoms with E-state index in [-0.39, 0.29) is 87.5 Å². The van der Waals surface area contributed by atoms with Gasteiger partial charge in [0.15, 0.2) is 27.2 Å². The highest BCUT2D eigenvalue weighted by Gasteiger charge is 2.72. The molecule has 3 aliphatic heterocycles. The molecule has 3 heterocycles. The molecule has 11 nitrogen and oxygen atoms in total. The summed E-state index contributed by atoms with van der Waals surface area (Å²) in [5.74, 6) is 0.691. The Morgan fingerprint density at radius 1 is 0.709 bits per heavy atom. The Kier molecular flexibility index (Phi) is 18.0. The van der Waals surface area contributed by atoms with Crippen molar-refractivity contribution in [1.82, 2.24) is 0 Å². The fourth-order valence-corrected chi connectivity index (χ4v) is 21.8. The molecule has 446 valence electrons. The number of carboxylic acid groups (broad SMARTS) is 1. The number of rotatable bonds is 17. The normalized spacial score (nSPS) is 47.9. The number of carbonyl (C=O) groups is 2. The second kappa shape index (κ2) is 23.1. The van der Waals surface area contributed by atoms with Crippen molar-refractivity contribution in [2.75, 3.05) is 13.7 Å². The summed E-state index contributed by atoms with van der Waals surface area (Å²) < 4.78 is 58.2. The van der Waals surface area contributed by atoms with E-state index in [9.17, 15) is 14.7 Å². The van der Waals surface area contributed by atoms with Crippen LogP contribution in [0.5, 0.6) is 0 Å². The molecular weight excluding hydrogens is 1010 g/mol. The lowest BCUT2D eigenvalue weighted by molar-refractivity contribution is -0.380. The van der Waals surface area contributed by atoms with Gasteiger partial charge in [-0.2, -0.15) is 0 Å². The number of carbonyl (C=O) groups excluding carboxylic acids is 1. The number of fused-ring (bicyclic) bond motifs is 7. The molecule has 1 N–H and O–H groups in total. The van der Waals surface area contributed by atoms with Gasteiger partial charge in [0.2, 0.25) is 0 Å². The molecule has 1 aromatic carbocycles. The third-order valence-corrected chi connectivity index (χ3v) is 30.0. The van der Waals surface area contributed by atoms with Gasteiger partial charge in [-0.3, -0.25) is 4.79 Å². The lowest BCUT2D eigenvalue weighted by atomic mass is 9.33. The molecule has 5 aliphatic carbocycles. The molecule has 12 heteroatoms. The van der Waals surface area contributed by atoms with Crippen LogP contribution in [-0.2, 0) is 53.6 Å². The first-order valence-electron chi connectivity index (χ1n) is 31.8. The number of carboxylic acids is 1. The third kappa shape index (κ3) is 10.3. The lowest BCUT2D eigenvalue weighted by Crippen LogP contribution is -2.68. The van der Waals surface area contributed by atoms with Gasteiger partial charge in [-0.25, -0.2) is 0 Å². The number of aldehydes is 1. The maximum Gasteiger partial charge on any atom is 0.312 e. The molecule has 0 amide bonds. The number of ether oxygens (including phenoxy) is 7. The minimum atomic E-state index is -2.16. The maximum atomic E-state index is 14.5. The summed E-state index contributed by atoms with van der Waals surface area (Å²) in [6.07, 6.45) is 7.67. The quantitative estimate of drug-likeness (QED) is 0.0693. The molecule has 8 aliphatic rings. The molecule has 0 aromatic heterocycles. The van der Waals surface area contributed by atoms with Gasteiger partial charge in [-0.15, -0.1) is 0 Å². The van der Waals surface area contributed by atoms with Crippen LogP contribution in [0.3, 0.4) is 0 Å². The zero-order chi connectivity index (χ0) is 57.4. The van der Waals surface area contributed by atoms with Gasteiger partial charge in [0, 0.05) is 18.9 Å². The van der Waals surface area contributed by atoms with Crippen LogP contribution in [0.15, 0.2) is 42.0 Å². The summed E-state index contributed by atoms with van der Waals surface area (Å²) in [5.41, 5.74) is 0.133. The molecule has 9 unspecified atom stereocenters. The lowest BCUT2D eigenvalue weighted by Gasteiger charge is -2.71. The van der Waals surface area contributed by atoms with Gasteiger partial charge >= 0.3 is 5.97 Å². The minimum Gasteiger partial charge on any atom is -0.481 e. The fraction of sp³-hybridized carbons (Fsp3) is 0.851. The van der Waals surface area contributed by atoms with Crippen LogP contribution in [0.2, 0.25) is 18.1 Å². The maximum absolute atomic E-state index is 14.5. The van der Waals surface area contributed by atoms with E-state index in [4.69, 9.17) is 37.6 Å². The van der Waals surface area contributed by atoms with E-state index < -0.39 is 62.3 Å². The van der Waals surface area contributed by atoms with E-state index >= 15 is 0 Å². The van der Waals surface area contributed by atoms with Gasteiger partial charge in [-0.1, -0.05) is 153 Å². The number of allylic oxidation sites excluding steroid dienone is 2. The topological polar surface area (TPSA) is 128 Å². The van der Waals surface area contributed by atoms with Crippen molar-refractivity contribution in [1.29, 1.82) is 0 Å². The molecule has 0 spiro atoms. The monoisotopic (exact) mass is 1120 g/mol. The molecule has 4 saturated carbocycles. The van der Waals surface area contributed by atoms with Gasteiger partial charge in [-0.05, 0) is 157 Å². The van der Waals surface area contributed by atoms with Crippen LogP contribution >= 0.6 is 0 Å². The Morgan fingerprint density at radius 3 is 2.00 bits per heavy atom. The Balaban J connectivity index is 1.10. The number of hydrogen-bond donors (Lipinski definition) is 1. The van der Waals surface area contributed by atoms with Crippen LogP contribution in [-0.4, -0.2) is 101 Å². The number of methoxy groups -OCH3 is 1. The van der Waals surface area contributed by atoms with Crippen molar-refractivity contribution in [2.45, 2.75) is 261 Å². The smallest absolute Gasteiger partial charge is 0.312 e. The molecule has 3 saturated heterocycles. The fourth-order valence-electron chi connectivity index (χ4n) is 18.9. The molecular formula is C67H108O11Si. The molecule has 9 rings (SSSR count). The van der Waals surface area contributed by atoms with E-state index in [1.54, 1.807) is 7.11 Å². The second-order valence-corrected chi connectivity index (χ2v) is 34.0. The van der Waals surface area contributed by atoms with Crippen LogP contribution in [0.25, 0.3) is 0 Å². The van der Waals surface area contributed by atoms with Gasteiger partial charge in [0.25, 0.3) is 0 Å². The standard InChI is InChI=1S/C67H108O11Si/c1-18-49-42(7)43(8)56(78-79(19-2,20-3)21-4)59(73-49)77-57-55(76-58-44(9)41(6)40(5)38-72-58)45(10)50(35-46-25-23-22-24-26-46)74-60(57)75-53-30-31-63(13)51(64(53,14)39-68)29-32-65(15)52(63)28-27-47-48-36-62(11,12)33-34-67(48,61(69)70)54(71-17)37-66(47,65)16/h22-27,39-45,48-60H,18-21,28-38H2,1-17H3,(H,69,70)/t40-,41+,42-,43+,44?,45-,48?,49?,50?,51-,52?,53+,54?,55+,56?,57?,58+,59+,60+,63?,64-,65+,66-,67-/m1/s1. The van der Waals surface area contributed by atoms with Gasteiger partial charge in [0.05, 0.1) is 48.6 Å². The molecule has 24 atom stereocenters. The van der Waals surface area contributed by atoms with E-state index in [1.807, 2.05) is 0 Å². The molecule has 79 heavy (non-hydrogen) atoms. The Bertz CT molecular complexity index is 2300. The highest BCUT2D eigenvalue weighted by atomic mass is 28.4. The SMILES string of the molecule is CCC1O[C@@H](OC2[C@H](O[C@H]3CCC4(C)C5CC=C6C7CC(C)(C)CC[C@]7(C(=O)O)C(OC)C[C@@]6(C)[C@@]5(C)CC[C@H]4[C@@]3(C)C=O)OC(Cc3ccccc3)[C@@H](C)[C@@H]2O[C@@H]2OC[C@@H](C)[C@H](C)C2C)C(O[Si](CC)(CC)CC)[C@@H](C)[C@H]1C. The molecule has 1 aromatic rings. The first-order valence-corrected chi connectivity index (χ1v) is 34.4. The van der Waals surface area contributed by atoms with Crippen LogP contribution in [0.1, 0.15) is 181 Å². The summed E-state index contributed by atoms with van der Waals surface area (Å²) in [4.78, 5) is 28.2. The summed E-state index contributed by atoms with van der Waals surface area (Å²) in [5, 5.41) is 11.2. The second-order valence-electron chi connectivity index (χ2n) is 29.3. The Labute approximate surface area is 478 Å². The van der Waals surface area contributed by atoms with E-state index in [0.717, 1.165) is 63.1 Å². The van der Waals surface area contributed by atoms with Crippen molar-refractivity contribution >= 4 is 20.6 Å². The number of aliphatic carboxylic acids is 1. The van der Waals surface area contributed by atoms with Gasteiger partial charge < -0.3 is 47.5 Å². The summed E-state index contributed by atoms with van der Waals surface area (Å²) >= 11 is 0. The van der Waals surface area contributed by atoms with Crippen molar-refractivity contribution < 1.29 is 52.3 Å². The first kappa shape index (κ1) is 61.6. The summed E-state index contributed by atoms with van der Waals surface area (Å²) in [6, 6.07) is 13.6. The van der Waals surface area contributed by atoms with Crippen molar-refractivity contribution in [2.24, 2.45) is 85.8 Å². The molecule has 0 bridgehead atoms. The summed E-state index contributed by atoms with van der Waals surface area (Å²) in [6.45, 7) is 37.7. The number of hydrogen-bond acceptors (Lipinski definition) is 10. The largest absolute Gasteiger partial charge is 0.481 e. The zero-order valence-corrected chi connectivity index (χ0v) is 53.1. The predicted molar refractivity (Wildman–Crippen MR) is 312 cm³/mol. The highest BCUT2D eigenvalue weighted by Crippen LogP contribution is 2.76. The molecule has 7 fully saturated rings. The van der Waals surface area contributed by atoms with Crippen LogP contribution in [0.4, 0.5) is 0 Å². The average molecular weight is 1120 g/mol. The van der Waals surface area contributed by atoms with Crippen molar-refractivity contribution in [3.05, 3.63) is 47.5 Å². The van der Waals surface area contributed by atoms with Crippen LogP contribution in [0, 0.1) is 85.8 Å².